The number of rotatable bonds is 12. The number of aliphatic hydroxyl groups excluding tert-OH is 5. The molecule has 0 unspecified atom stereocenters. The third-order valence-corrected chi connectivity index (χ3v) is 7.63. The molecule has 4 rings (SSSR count). The van der Waals surface area contributed by atoms with Gasteiger partial charge in [-0.25, -0.2) is 4.79 Å². The summed E-state index contributed by atoms with van der Waals surface area (Å²) in [6.07, 6.45) is -6.34. The second kappa shape index (κ2) is 16.0. The van der Waals surface area contributed by atoms with Crippen LogP contribution in [0.25, 0.3) is 0 Å². The SMILES string of the molecule is C/C=C1/[C@H](O[C@@H]2O[C@H](CO)[C@@H](O)[C@H](O)[C@H]2O)OC=C(C(=O)OCCc2ccc(O)c(O)c2)[C@H]1CC(=O)Oc1ccc(CCO)cc1. The van der Waals surface area contributed by atoms with E-state index in [4.69, 9.17) is 28.8 Å². The second-order valence-corrected chi connectivity index (χ2v) is 10.7. The average Bonchev–Trinajstić information content (AvgIpc) is 3.04. The van der Waals surface area contributed by atoms with Crippen LogP contribution in [0.3, 0.4) is 0 Å². The summed E-state index contributed by atoms with van der Waals surface area (Å²) in [4.78, 5) is 26.4. The van der Waals surface area contributed by atoms with Gasteiger partial charge in [0.05, 0.1) is 31.5 Å². The molecule has 2 aromatic carbocycles. The summed E-state index contributed by atoms with van der Waals surface area (Å²) >= 11 is 0. The lowest BCUT2D eigenvalue weighted by atomic mass is 9.86. The summed E-state index contributed by atoms with van der Waals surface area (Å²) in [5, 5.41) is 68.7. The fourth-order valence-electron chi connectivity index (χ4n) is 5.07. The van der Waals surface area contributed by atoms with Crippen molar-refractivity contribution in [2.45, 2.75) is 63.2 Å². The molecule has 7 N–H and O–H groups in total. The highest BCUT2D eigenvalue weighted by molar-refractivity contribution is 5.91. The molecule has 14 nitrogen and oxygen atoms in total. The number of allylic oxidation sites excluding steroid dienone is 1. The molecule has 46 heavy (non-hydrogen) atoms. The van der Waals surface area contributed by atoms with E-state index in [-0.39, 0.29) is 54.5 Å². The number of phenols is 2. The maximum atomic E-state index is 13.3. The molecule has 1 saturated heterocycles. The van der Waals surface area contributed by atoms with Crippen LogP contribution in [0.2, 0.25) is 0 Å². The largest absolute Gasteiger partial charge is 0.504 e. The van der Waals surface area contributed by atoms with Crippen molar-refractivity contribution in [2.24, 2.45) is 5.92 Å². The van der Waals surface area contributed by atoms with Gasteiger partial charge in [0.25, 0.3) is 0 Å². The number of aromatic hydroxyl groups is 2. The van der Waals surface area contributed by atoms with Crippen LogP contribution in [0.1, 0.15) is 24.5 Å². The third-order valence-electron chi connectivity index (χ3n) is 7.63. The number of ether oxygens (including phenoxy) is 5. The smallest absolute Gasteiger partial charge is 0.337 e. The van der Waals surface area contributed by atoms with Gasteiger partial charge in [-0.15, -0.1) is 0 Å². The summed E-state index contributed by atoms with van der Waals surface area (Å²) in [5.41, 5.74) is 1.63. The number of carbonyl (C=O) groups is 2. The van der Waals surface area contributed by atoms with Gasteiger partial charge < -0.3 is 59.4 Å². The van der Waals surface area contributed by atoms with Crippen molar-refractivity contribution >= 4 is 11.9 Å². The minimum absolute atomic E-state index is 0.0377. The molecule has 2 aliphatic heterocycles. The summed E-state index contributed by atoms with van der Waals surface area (Å²) in [5.74, 6) is -2.91. The first kappa shape index (κ1) is 34.8. The van der Waals surface area contributed by atoms with Gasteiger partial charge in [-0.1, -0.05) is 24.3 Å². The normalized spacial score (nSPS) is 27.0. The van der Waals surface area contributed by atoms with Crippen LogP contribution in [0.4, 0.5) is 0 Å². The molecule has 2 aromatic rings. The lowest BCUT2D eigenvalue weighted by Crippen LogP contribution is -2.60. The van der Waals surface area contributed by atoms with Crippen LogP contribution in [0, 0.1) is 5.92 Å². The Kier molecular flexibility index (Phi) is 12.1. The van der Waals surface area contributed by atoms with Crippen LogP contribution >= 0.6 is 0 Å². The zero-order valence-electron chi connectivity index (χ0n) is 25.0. The fraction of sp³-hybridized carbons (Fsp3) is 0.438. The number of phenolic OH excluding ortho intramolecular Hbond substituents is 2. The van der Waals surface area contributed by atoms with Crippen LogP contribution in [0.15, 0.2) is 65.9 Å². The Morgan fingerprint density at radius 3 is 2.28 bits per heavy atom. The molecule has 0 bridgehead atoms. The predicted octanol–water partition coefficient (Wildman–Crippen LogP) is 0.333. The Bertz CT molecular complexity index is 1400. The van der Waals surface area contributed by atoms with E-state index in [0.29, 0.717) is 12.0 Å². The number of carbonyl (C=O) groups excluding carboxylic acids is 2. The minimum Gasteiger partial charge on any atom is -0.504 e. The van der Waals surface area contributed by atoms with E-state index >= 15 is 0 Å². The van der Waals surface area contributed by atoms with E-state index in [1.54, 1.807) is 37.3 Å². The zero-order valence-corrected chi connectivity index (χ0v) is 25.0. The standard InChI is InChI=1S/C32H38O14/c1-2-20-21(14-26(37)44-19-6-3-17(4-7-19)9-11-33)22(30(41)42-12-10-18-5-8-23(35)24(36)13-18)16-43-31(20)46-32-29(40)28(39)27(38)25(15-34)45-32/h2-8,13,16,21,25,27-29,31-36,38-40H,9-12,14-15H2,1H3/b20-2+/t21-,25+,27+,28-,29+,31-,32-/m0/s1. The van der Waals surface area contributed by atoms with Gasteiger partial charge in [-0.05, 0) is 48.7 Å². The third kappa shape index (κ3) is 8.41. The molecule has 0 aromatic heterocycles. The molecule has 1 fully saturated rings. The lowest BCUT2D eigenvalue weighted by Gasteiger charge is -2.41. The number of hydrogen-bond acceptors (Lipinski definition) is 14. The number of aliphatic hydroxyl groups is 5. The minimum atomic E-state index is -1.73. The maximum Gasteiger partial charge on any atom is 0.337 e. The second-order valence-electron chi connectivity index (χ2n) is 10.7. The molecule has 0 saturated carbocycles. The van der Waals surface area contributed by atoms with Crippen LogP contribution in [-0.2, 0) is 41.4 Å². The average molecular weight is 647 g/mol. The highest BCUT2D eigenvalue weighted by Gasteiger charge is 2.47. The van der Waals surface area contributed by atoms with Gasteiger partial charge in [0, 0.05) is 24.5 Å². The van der Waals surface area contributed by atoms with E-state index in [9.17, 15) is 40.2 Å². The molecular formula is C32H38O14. The van der Waals surface area contributed by atoms with E-state index in [1.165, 1.54) is 18.2 Å². The molecule has 0 aliphatic carbocycles. The van der Waals surface area contributed by atoms with Crippen LogP contribution in [0.5, 0.6) is 17.2 Å². The van der Waals surface area contributed by atoms with Crippen LogP contribution < -0.4 is 4.74 Å². The summed E-state index contributed by atoms with van der Waals surface area (Å²) in [6, 6.07) is 10.7. The highest BCUT2D eigenvalue weighted by atomic mass is 16.8. The molecule has 7 atom stereocenters. The molecule has 14 heteroatoms. The number of hydrogen-bond donors (Lipinski definition) is 7. The van der Waals surface area contributed by atoms with Crippen LogP contribution in [-0.4, -0.2) is 105 Å². The summed E-state index contributed by atoms with van der Waals surface area (Å²) < 4.78 is 27.9. The van der Waals surface area contributed by atoms with Gasteiger partial charge in [-0.2, -0.15) is 0 Å². The molecule has 0 spiro atoms. The Morgan fingerprint density at radius 2 is 1.63 bits per heavy atom. The first-order valence-corrected chi connectivity index (χ1v) is 14.6. The van der Waals surface area contributed by atoms with Gasteiger partial charge in [0.1, 0.15) is 30.2 Å². The fourth-order valence-corrected chi connectivity index (χ4v) is 5.07. The van der Waals surface area contributed by atoms with Crippen molar-refractivity contribution in [3.05, 3.63) is 77.1 Å². The van der Waals surface area contributed by atoms with Gasteiger partial charge in [0.15, 0.2) is 17.8 Å². The Labute approximate surface area is 264 Å². The van der Waals surface area contributed by atoms with E-state index in [0.717, 1.165) is 11.8 Å². The molecule has 0 radical (unpaired) electrons. The molecule has 2 aliphatic rings. The van der Waals surface area contributed by atoms with Crippen molar-refractivity contribution < 1.29 is 69.0 Å². The summed E-state index contributed by atoms with van der Waals surface area (Å²) in [7, 11) is 0. The monoisotopic (exact) mass is 646 g/mol. The Morgan fingerprint density at radius 1 is 0.913 bits per heavy atom. The Hall–Kier alpha value is -4.02. The summed E-state index contributed by atoms with van der Waals surface area (Å²) in [6.45, 7) is 0.770. The van der Waals surface area contributed by atoms with Gasteiger partial charge in [-0.3, -0.25) is 4.79 Å². The van der Waals surface area contributed by atoms with Crippen molar-refractivity contribution in [3.63, 3.8) is 0 Å². The maximum absolute atomic E-state index is 13.3. The zero-order chi connectivity index (χ0) is 33.4. The topological polar surface area (TPSA) is 222 Å². The molecule has 2 heterocycles. The van der Waals surface area contributed by atoms with E-state index in [2.05, 4.69) is 0 Å². The first-order valence-electron chi connectivity index (χ1n) is 14.6. The molecule has 0 amide bonds. The lowest BCUT2D eigenvalue weighted by molar-refractivity contribution is -0.327. The van der Waals surface area contributed by atoms with Gasteiger partial charge >= 0.3 is 11.9 Å². The van der Waals surface area contributed by atoms with Crippen molar-refractivity contribution in [1.29, 1.82) is 0 Å². The number of benzene rings is 2. The van der Waals surface area contributed by atoms with E-state index < -0.39 is 61.5 Å². The quantitative estimate of drug-likeness (QED) is 0.0715. The predicted molar refractivity (Wildman–Crippen MR) is 157 cm³/mol. The van der Waals surface area contributed by atoms with Crippen molar-refractivity contribution in [1.82, 2.24) is 0 Å². The first-order chi connectivity index (χ1) is 22.1. The number of esters is 2. The molecule has 250 valence electrons. The van der Waals surface area contributed by atoms with Crippen molar-refractivity contribution in [2.75, 3.05) is 19.8 Å². The highest BCUT2D eigenvalue weighted by Crippen LogP contribution is 2.36. The van der Waals surface area contributed by atoms with Crippen molar-refractivity contribution in [3.8, 4) is 17.2 Å². The Balaban J connectivity index is 1.52. The van der Waals surface area contributed by atoms with Gasteiger partial charge in [0.2, 0.25) is 6.29 Å². The molecular weight excluding hydrogens is 608 g/mol. The van der Waals surface area contributed by atoms with E-state index in [1.807, 2.05) is 0 Å².